The van der Waals surface area contributed by atoms with E-state index in [2.05, 4.69) is 0 Å². The molecule has 0 radical (unpaired) electrons. The highest BCUT2D eigenvalue weighted by Gasteiger charge is 2.23. The molecule has 9 heteroatoms. The highest BCUT2D eigenvalue weighted by Crippen LogP contribution is 2.32. The van der Waals surface area contributed by atoms with E-state index in [0.717, 1.165) is 6.26 Å². The van der Waals surface area contributed by atoms with Gasteiger partial charge in [-0.25, -0.2) is 8.42 Å². The van der Waals surface area contributed by atoms with Crippen molar-refractivity contribution in [3.8, 4) is 11.5 Å². The molecule has 0 N–H and O–H groups in total. The molecule has 1 saturated heterocycles. The number of hydrogen-bond donors (Lipinski definition) is 0. The first-order chi connectivity index (χ1) is 11.9. The maximum atomic E-state index is 12.3. The second kappa shape index (κ2) is 8.39. The Balaban J connectivity index is 2.15. The summed E-state index contributed by atoms with van der Waals surface area (Å²) in [5.41, 5.74) is 0.426. The molecule has 0 aliphatic carbocycles. The van der Waals surface area contributed by atoms with Gasteiger partial charge >= 0.3 is 0 Å². The maximum Gasteiger partial charge on any atom is 0.232 e. The maximum absolute atomic E-state index is 12.3. The number of rotatable bonds is 7. The Morgan fingerprint density at radius 3 is 2.40 bits per heavy atom. The number of morpholine rings is 1. The summed E-state index contributed by atoms with van der Waals surface area (Å²) in [4.78, 5) is 14.0. The second-order valence-corrected chi connectivity index (χ2v) is 7.52. The van der Waals surface area contributed by atoms with Crippen LogP contribution in [-0.2, 0) is 19.6 Å². The van der Waals surface area contributed by atoms with Gasteiger partial charge in [0.1, 0.15) is 0 Å². The SMILES string of the molecule is COc1ccc(N(CCC(=O)N2CCOCC2)S(C)(=O)=O)cc1OC. The number of amides is 1. The molecular weight excluding hydrogens is 348 g/mol. The van der Waals surface area contributed by atoms with Crippen molar-refractivity contribution in [3.05, 3.63) is 18.2 Å². The van der Waals surface area contributed by atoms with E-state index in [1.165, 1.54) is 18.5 Å². The van der Waals surface area contributed by atoms with Crippen LogP contribution >= 0.6 is 0 Å². The van der Waals surface area contributed by atoms with E-state index < -0.39 is 10.0 Å². The average molecular weight is 372 g/mol. The molecule has 25 heavy (non-hydrogen) atoms. The first-order valence-corrected chi connectivity index (χ1v) is 9.77. The summed E-state index contributed by atoms with van der Waals surface area (Å²) >= 11 is 0. The summed E-state index contributed by atoms with van der Waals surface area (Å²) in [6, 6.07) is 4.84. The molecule has 0 atom stereocenters. The van der Waals surface area contributed by atoms with E-state index in [1.807, 2.05) is 0 Å². The van der Waals surface area contributed by atoms with E-state index >= 15 is 0 Å². The lowest BCUT2D eigenvalue weighted by molar-refractivity contribution is -0.134. The van der Waals surface area contributed by atoms with Crippen molar-refractivity contribution >= 4 is 21.6 Å². The van der Waals surface area contributed by atoms with Crippen LogP contribution in [0, 0.1) is 0 Å². The quantitative estimate of drug-likeness (QED) is 0.701. The minimum Gasteiger partial charge on any atom is -0.493 e. The molecule has 1 aliphatic heterocycles. The third-order valence-electron chi connectivity index (χ3n) is 3.95. The molecule has 140 valence electrons. The van der Waals surface area contributed by atoms with Crippen molar-refractivity contribution in [2.24, 2.45) is 0 Å². The van der Waals surface area contributed by atoms with Gasteiger partial charge in [-0.05, 0) is 12.1 Å². The van der Waals surface area contributed by atoms with Crippen LogP contribution in [0.1, 0.15) is 6.42 Å². The predicted molar refractivity (Wildman–Crippen MR) is 93.8 cm³/mol. The monoisotopic (exact) mass is 372 g/mol. The van der Waals surface area contributed by atoms with E-state index in [0.29, 0.717) is 43.5 Å². The molecule has 1 aromatic rings. The standard InChI is InChI=1S/C16H24N2O6S/c1-22-14-5-4-13(12-15(14)23-2)18(25(3,20)21)7-6-16(19)17-8-10-24-11-9-17/h4-5,12H,6-11H2,1-3H3. The van der Waals surface area contributed by atoms with Gasteiger partial charge < -0.3 is 19.1 Å². The van der Waals surface area contributed by atoms with Gasteiger partial charge in [-0.15, -0.1) is 0 Å². The van der Waals surface area contributed by atoms with Crippen molar-refractivity contribution in [2.45, 2.75) is 6.42 Å². The number of anilines is 1. The smallest absolute Gasteiger partial charge is 0.232 e. The fourth-order valence-corrected chi connectivity index (χ4v) is 3.55. The van der Waals surface area contributed by atoms with E-state index in [9.17, 15) is 13.2 Å². The fourth-order valence-electron chi connectivity index (χ4n) is 2.63. The molecule has 1 heterocycles. The van der Waals surface area contributed by atoms with E-state index in [1.54, 1.807) is 23.1 Å². The van der Waals surface area contributed by atoms with Crippen LogP contribution in [0.2, 0.25) is 0 Å². The van der Waals surface area contributed by atoms with Gasteiger partial charge in [-0.1, -0.05) is 0 Å². The summed E-state index contributed by atoms with van der Waals surface area (Å²) in [7, 11) is -0.560. The fraction of sp³-hybridized carbons (Fsp3) is 0.562. The Morgan fingerprint density at radius 1 is 1.20 bits per heavy atom. The van der Waals surface area contributed by atoms with Crippen LogP contribution in [0.15, 0.2) is 18.2 Å². The number of benzene rings is 1. The number of nitrogens with zero attached hydrogens (tertiary/aromatic N) is 2. The van der Waals surface area contributed by atoms with Gasteiger partial charge in [0, 0.05) is 32.1 Å². The lowest BCUT2D eigenvalue weighted by Gasteiger charge is -2.28. The van der Waals surface area contributed by atoms with Crippen LogP contribution in [-0.4, -0.2) is 72.5 Å². The topological polar surface area (TPSA) is 85.4 Å². The van der Waals surface area contributed by atoms with Crippen molar-refractivity contribution in [1.82, 2.24) is 4.90 Å². The lowest BCUT2D eigenvalue weighted by atomic mass is 10.2. The highest BCUT2D eigenvalue weighted by atomic mass is 32.2. The molecule has 1 amide bonds. The zero-order chi connectivity index (χ0) is 18.4. The first kappa shape index (κ1) is 19.3. The molecule has 0 unspecified atom stereocenters. The van der Waals surface area contributed by atoms with Crippen LogP contribution in [0.25, 0.3) is 0 Å². The minimum absolute atomic E-state index is 0.0600. The summed E-state index contributed by atoms with van der Waals surface area (Å²) < 4.78 is 41.2. The molecular formula is C16H24N2O6S. The minimum atomic E-state index is -3.55. The summed E-state index contributed by atoms with van der Waals surface area (Å²) in [5, 5.41) is 0. The van der Waals surface area contributed by atoms with Crippen molar-refractivity contribution in [3.63, 3.8) is 0 Å². The van der Waals surface area contributed by atoms with Crippen molar-refractivity contribution < 1.29 is 27.4 Å². The van der Waals surface area contributed by atoms with Crippen molar-refractivity contribution in [2.75, 3.05) is 57.6 Å². The molecule has 0 spiro atoms. The molecule has 2 rings (SSSR count). The molecule has 8 nitrogen and oxygen atoms in total. The number of hydrogen-bond acceptors (Lipinski definition) is 6. The van der Waals surface area contributed by atoms with Gasteiger partial charge in [-0.3, -0.25) is 9.10 Å². The number of ether oxygens (including phenoxy) is 3. The Hall–Kier alpha value is -2.00. The lowest BCUT2D eigenvalue weighted by Crippen LogP contribution is -2.42. The molecule has 0 aromatic heterocycles. The number of sulfonamides is 1. The van der Waals surface area contributed by atoms with Gasteiger partial charge in [0.05, 0.1) is 39.4 Å². The van der Waals surface area contributed by atoms with Crippen LogP contribution in [0.3, 0.4) is 0 Å². The Bertz CT molecular complexity index is 701. The van der Waals surface area contributed by atoms with E-state index in [-0.39, 0.29) is 18.9 Å². The normalized spacial score (nSPS) is 14.9. The molecule has 1 fully saturated rings. The van der Waals surface area contributed by atoms with Gasteiger partial charge in [0.25, 0.3) is 0 Å². The average Bonchev–Trinajstić information content (AvgIpc) is 2.61. The number of carbonyl (C=O) groups is 1. The predicted octanol–water partition coefficient (Wildman–Crippen LogP) is 0.719. The largest absolute Gasteiger partial charge is 0.493 e. The highest BCUT2D eigenvalue weighted by molar-refractivity contribution is 7.92. The Kier molecular flexibility index (Phi) is 6.49. The van der Waals surface area contributed by atoms with Crippen LogP contribution < -0.4 is 13.8 Å². The summed E-state index contributed by atoms with van der Waals surface area (Å²) in [5.74, 6) is 0.842. The third-order valence-corrected chi connectivity index (χ3v) is 5.14. The third kappa shape index (κ3) is 4.99. The molecule has 0 saturated carbocycles. The number of carbonyl (C=O) groups excluding carboxylic acids is 1. The Labute approximate surface area is 148 Å². The molecule has 1 aliphatic rings. The molecule has 1 aromatic carbocycles. The summed E-state index contributed by atoms with van der Waals surface area (Å²) in [6.07, 6.45) is 1.21. The van der Waals surface area contributed by atoms with Crippen molar-refractivity contribution in [1.29, 1.82) is 0 Å². The Morgan fingerprint density at radius 2 is 1.84 bits per heavy atom. The summed E-state index contributed by atoms with van der Waals surface area (Å²) in [6.45, 7) is 2.15. The molecule has 0 bridgehead atoms. The first-order valence-electron chi connectivity index (χ1n) is 7.92. The zero-order valence-corrected chi connectivity index (χ0v) is 15.5. The van der Waals surface area contributed by atoms with Gasteiger partial charge in [0.2, 0.25) is 15.9 Å². The zero-order valence-electron chi connectivity index (χ0n) is 14.7. The van der Waals surface area contributed by atoms with E-state index in [4.69, 9.17) is 14.2 Å². The van der Waals surface area contributed by atoms with Crippen LogP contribution in [0.5, 0.6) is 11.5 Å². The number of methoxy groups -OCH3 is 2. The van der Waals surface area contributed by atoms with Gasteiger partial charge in [-0.2, -0.15) is 0 Å². The second-order valence-electron chi connectivity index (χ2n) is 5.62. The van der Waals surface area contributed by atoms with Crippen LogP contribution in [0.4, 0.5) is 5.69 Å². The van der Waals surface area contributed by atoms with Gasteiger partial charge in [0.15, 0.2) is 11.5 Å².